The van der Waals surface area contributed by atoms with Gasteiger partial charge in [-0.25, -0.2) is 0 Å². The molecule has 0 saturated heterocycles. The van der Waals surface area contributed by atoms with Gasteiger partial charge in [0.25, 0.3) is 5.91 Å². The zero-order valence-electron chi connectivity index (χ0n) is 19.0. The van der Waals surface area contributed by atoms with Crippen LogP contribution in [0.3, 0.4) is 0 Å². The molecule has 0 bridgehead atoms. The lowest BCUT2D eigenvalue weighted by Gasteiger charge is -2.23. The highest BCUT2D eigenvalue weighted by Gasteiger charge is 2.23. The standard InChI is InChI=1S/C24H32N4O3.HI/c1-25-24(28(2)16-19-6-4-5-7-22(19)30-3)26-15-14-18-8-12-21(13-9-18)31-17-23(29)27-20-10-11-20;/h4-9,12-13,20H,10-11,14-17H2,1-3H3,(H,25,26)(H,27,29);1H. The molecule has 174 valence electrons. The molecular weight excluding hydrogens is 519 g/mol. The molecule has 1 fully saturated rings. The molecule has 3 rings (SSSR count). The van der Waals surface area contributed by atoms with E-state index in [1.54, 1.807) is 14.2 Å². The number of amides is 1. The molecule has 32 heavy (non-hydrogen) atoms. The number of guanidine groups is 1. The molecule has 0 aromatic heterocycles. The molecule has 1 saturated carbocycles. The Labute approximate surface area is 207 Å². The highest BCUT2D eigenvalue weighted by atomic mass is 127. The molecule has 2 N–H and O–H groups in total. The molecule has 0 atom stereocenters. The van der Waals surface area contributed by atoms with Crippen molar-refractivity contribution in [1.82, 2.24) is 15.5 Å². The lowest BCUT2D eigenvalue weighted by Crippen LogP contribution is -2.39. The summed E-state index contributed by atoms with van der Waals surface area (Å²) < 4.78 is 11.0. The second-order valence-electron chi connectivity index (χ2n) is 7.67. The van der Waals surface area contributed by atoms with Crippen molar-refractivity contribution in [3.8, 4) is 11.5 Å². The number of aliphatic imine (C=N–C) groups is 1. The third-order valence-corrected chi connectivity index (χ3v) is 5.11. The Morgan fingerprint density at radius 1 is 1.16 bits per heavy atom. The van der Waals surface area contributed by atoms with E-state index in [-0.39, 0.29) is 36.5 Å². The van der Waals surface area contributed by atoms with E-state index >= 15 is 0 Å². The van der Waals surface area contributed by atoms with E-state index in [1.165, 1.54) is 5.56 Å². The largest absolute Gasteiger partial charge is 0.496 e. The fourth-order valence-corrected chi connectivity index (χ4v) is 3.27. The lowest BCUT2D eigenvalue weighted by molar-refractivity contribution is -0.123. The van der Waals surface area contributed by atoms with Crippen LogP contribution < -0.4 is 20.1 Å². The van der Waals surface area contributed by atoms with Gasteiger partial charge >= 0.3 is 0 Å². The summed E-state index contributed by atoms with van der Waals surface area (Å²) in [6.45, 7) is 1.52. The van der Waals surface area contributed by atoms with Gasteiger partial charge in [0, 0.05) is 38.8 Å². The molecule has 2 aromatic carbocycles. The molecule has 0 spiro atoms. The molecule has 7 nitrogen and oxygen atoms in total. The van der Waals surface area contributed by atoms with Crippen molar-refractivity contribution in [3.05, 3.63) is 59.7 Å². The van der Waals surface area contributed by atoms with Gasteiger partial charge in [-0.2, -0.15) is 0 Å². The monoisotopic (exact) mass is 552 g/mol. The van der Waals surface area contributed by atoms with E-state index in [1.807, 2.05) is 49.5 Å². The molecule has 1 aliphatic rings. The zero-order valence-corrected chi connectivity index (χ0v) is 21.3. The fraction of sp³-hybridized carbons (Fsp3) is 0.417. The van der Waals surface area contributed by atoms with Crippen LogP contribution in [-0.2, 0) is 17.8 Å². The minimum atomic E-state index is -0.0561. The van der Waals surface area contributed by atoms with Crippen molar-refractivity contribution >= 4 is 35.8 Å². The van der Waals surface area contributed by atoms with Gasteiger partial charge in [0.2, 0.25) is 0 Å². The minimum absolute atomic E-state index is 0. The number of rotatable bonds is 10. The van der Waals surface area contributed by atoms with Crippen LogP contribution in [0.15, 0.2) is 53.5 Å². The fourth-order valence-electron chi connectivity index (χ4n) is 3.27. The number of halogens is 1. The number of carbonyl (C=O) groups excluding carboxylic acids is 1. The van der Waals surface area contributed by atoms with Crippen LogP contribution >= 0.6 is 24.0 Å². The van der Waals surface area contributed by atoms with Gasteiger partial charge in [-0.3, -0.25) is 9.79 Å². The van der Waals surface area contributed by atoms with Crippen LogP contribution in [0.2, 0.25) is 0 Å². The molecule has 0 aliphatic heterocycles. The normalized spacial score (nSPS) is 13.0. The van der Waals surface area contributed by atoms with E-state index in [2.05, 4.69) is 26.6 Å². The van der Waals surface area contributed by atoms with E-state index in [0.29, 0.717) is 18.3 Å². The van der Waals surface area contributed by atoms with Crippen molar-refractivity contribution < 1.29 is 14.3 Å². The van der Waals surface area contributed by atoms with Gasteiger partial charge in [0.1, 0.15) is 11.5 Å². The summed E-state index contributed by atoms with van der Waals surface area (Å²) in [4.78, 5) is 18.2. The van der Waals surface area contributed by atoms with E-state index in [4.69, 9.17) is 9.47 Å². The first-order valence-corrected chi connectivity index (χ1v) is 10.6. The van der Waals surface area contributed by atoms with Gasteiger partial charge < -0.3 is 25.0 Å². The predicted molar refractivity (Wildman–Crippen MR) is 138 cm³/mol. The summed E-state index contributed by atoms with van der Waals surface area (Å²) in [6.07, 6.45) is 3.01. The number of nitrogens with one attached hydrogen (secondary N) is 2. The Kier molecular flexibility index (Phi) is 10.6. The maximum absolute atomic E-state index is 11.7. The number of ether oxygens (including phenoxy) is 2. The molecule has 0 heterocycles. The average molecular weight is 552 g/mol. The minimum Gasteiger partial charge on any atom is -0.496 e. The predicted octanol–water partition coefficient (Wildman–Crippen LogP) is 3.22. The quantitative estimate of drug-likeness (QED) is 0.269. The highest BCUT2D eigenvalue weighted by Crippen LogP contribution is 2.19. The SMILES string of the molecule is CN=C(NCCc1ccc(OCC(=O)NC2CC2)cc1)N(C)Cc1ccccc1OC.I. The number of para-hydroxylation sites is 1. The van der Waals surface area contributed by atoms with Crippen LogP contribution in [0.1, 0.15) is 24.0 Å². The summed E-state index contributed by atoms with van der Waals surface area (Å²) in [5, 5.41) is 6.32. The van der Waals surface area contributed by atoms with Crippen LogP contribution in [0.5, 0.6) is 11.5 Å². The number of benzene rings is 2. The zero-order chi connectivity index (χ0) is 22.1. The summed E-state index contributed by atoms with van der Waals surface area (Å²) in [5.74, 6) is 2.35. The van der Waals surface area contributed by atoms with Gasteiger partial charge in [-0.1, -0.05) is 30.3 Å². The first-order chi connectivity index (χ1) is 15.1. The van der Waals surface area contributed by atoms with Crippen LogP contribution in [0.4, 0.5) is 0 Å². The first kappa shape index (κ1) is 25.8. The van der Waals surface area contributed by atoms with Gasteiger partial charge in [0.05, 0.1) is 7.11 Å². The second-order valence-corrected chi connectivity index (χ2v) is 7.67. The molecule has 0 unspecified atom stereocenters. The van der Waals surface area contributed by atoms with Crippen molar-refractivity contribution in [2.24, 2.45) is 4.99 Å². The number of hydrogen-bond donors (Lipinski definition) is 2. The van der Waals surface area contributed by atoms with Crippen LogP contribution in [-0.4, -0.2) is 57.2 Å². The third kappa shape index (κ3) is 8.22. The van der Waals surface area contributed by atoms with E-state index in [0.717, 1.165) is 43.1 Å². The maximum Gasteiger partial charge on any atom is 0.258 e. The maximum atomic E-state index is 11.7. The van der Waals surface area contributed by atoms with Crippen LogP contribution in [0.25, 0.3) is 0 Å². The molecule has 0 radical (unpaired) electrons. The number of carbonyl (C=O) groups is 1. The molecule has 2 aromatic rings. The summed E-state index contributed by atoms with van der Waals surface area (Å²) in [7, 11) is 5.48. The highest BCUT2D eigenvalue weighted by molar-refractivity contribution is 14.0. The first-order valence-electron chi connectivity index (χ1n) is 10.6. The summed E-state index contributed by atoms with van der Waals surface area (Å²) in [5.41, 5.74) is 2.29. The summed E-state index contributed by atoms with van der Waals surface area (Å²) >= 11 is 0. The Morgan fingerprint density at radius 3 is 2.53 bits per heavy atom. The topological polar surface area (TPSA) is 75.2 Å². The number of nitrogens with zero attached hydrogens (tertiary/aromatic N) is 2. The van der Waals surface area contributed by atoms with Crippen molar-refractivity contribution in [3.63, 3.8) is 0 Å². The third-order valence-electron chi connectivity index (χ3n) is 5.11. The molecule has 8 heteroatoms. The average Bonchev–Trinajstić information content (AvgIpc) is 3.60. The number of methoxy groups -OCH3 is 1. The Balaban J connectivity index is 0.00000363. The van der Waals surface area contributed by atoms with E-state index < -0.39 is 0 Å². The van der Waals surface area contributed by atoms with Crippen molar-refractivity contribution in [1.29, 1.82) is 0 Å². The molecule has 1 amide bonds. The lowest BCUT2D eigenvalue weighted by atomic mass is 10.1. The van der Waals surface area contributed by atoms with E-state index in [9.17, 15) is 4.79 Å². The van der Waals surface area contributed by atoms with Crippen LogP contribution in [0, 0.1) is 0 Å². The smallest absolute Gasteiger partial charge is 0.258 e. The van der Waals surface area contributed by atoms with Crippen molar-refractivity contribution in [2.45, 2.75) is 31.8 Å². The van der Waals surface area contributed by atoms with Gasteiger partial charge in [-0.15, -0.1) is 24.0 Å². The Hall–Kier alpha value is -2.49. The van der Waals surface area contributed by atoms with Crippen molar-refractivity contribution in [2.75, 3.05) is 34.4 Å². The Morgan fingerprint density at radius 2 is 1.88 bits per heavy atom. The second kappa shape index (κ2) is 13.1. The molecular formula is C24H33IN4O3. The van der Waals surface area contributed by atoms with Gasteiger partial charge in [-0.05, 0) is 43.0 Å². The summed E-state index contributed by atoms with van der Waals surface area (Å²) in [6, 6.07) is 16.2. The molecule has 1 aliphatic carbocycles. The Bertz CT molecular complexity index is 885. The number of hydrogen-bond acceptors (Lipinski definition) is 4. The van der Waals surface area contributed by atoms with Gasteiger partial charge in [0.15, 0.2) is 12.6 Å².